The molecule has 0 unspecified atom stereocenters. The van der Waals surface area contributed by atoms with E-state index in [1.807, 2.05) is 0 Å². The largest absolute Gasteiger partial charge is 0.460 e. The predicted octanol–water partition coefficient (Wildman–Crippen LogP) is 1.85. The molecule has 1 aliphatic carbocycles. The number of benzene rings is 1. The SMILES string of the molecule is CC(=O)N[C@@H](Cc1ccc(CC(=O)OC(C)(C)C)c(OC(C)=O)c1)C(=O)NC1(C(N)=O)CCCCC1. The molecule has 0 bridgehead atoms. The van der Waals surface area contributed by atoms with Crippen molar-refractivity contribution >= 4 is 29.7 Å². The van der Waals surface area contributed by atoms with Gasteiger partial charge < -0.3 is 25.8 Å². The molecule has 1 fully saturated rings. The summed E-state index contributed by atoms with van der Waals surface area (Å²) in [4.78, 5) is 61.2. The summed E-state index contributed by atoms with van der Waals surface area (Å²) in [5.74, 6) is -2.45. The van der Waals surface area contributed by atoms with Gasteiger partial charge >= 0.3 is 11.9 Å². The van der Waals surface area contributed by atoms with Crippen molar-refractivity contribution in [3.8, 4) is 5.75 Å². The minimum absolute atomic E-state index is 0.0568. The number of esters is 2. The lowest BCUT2D eigenvalue weighted by molar-refractivity contribution is -0.154. The summed E-state index contributed by atoms with van der Waals surface area (Å²) in [5, 5.41) is 5.41. The standard InChI is InChI=1S/C26H37N3O7/c1-16(30)28-20(23(33)29-26(24(27)34)11-7-6-8-12-26)13-18-9-10-19(21(14-18)35-17(2)31)15-22(32)36-25(3,4)5/h9-10,14,20H,6-8,11-13,15H2,1-5H3,(H2,27,34)(H,28,30)(H,29,33)/t20-/m0/s1. The van der Waals surface area contributed by atoms with Gasteiger partial charge in [-0.05, 0) is 45.2 Å². The number of ether oxygens (including phenoxy) is 2. The number of primary amides is 1. The van der Waals surface area contributed by atoms with Crippen LogP contribution in [-0.4, -0.2) is 46.8 Å². The molecule has 1 saturated carbocycles. The Hall–Kier alpha value is -3.43. The van der Waals surface area contributed by atoms with Crippen LogP contribution in [0.1, 0.15) is 77.8 Å². The molecule has 4 N–H and O–H groups in total. The van der Waals surface area contributed by atoms with Crippen molar-refractivity contribution in [3.63, 3.8) is 0 Å². The normalized spacial score (nSPS) is 15.8. The number of hydrogen-bond acceptors (Lipinski definition) is 7. The third-order valence-electron chi connectivity index (χ3n) is 5.82. The summed E-state index contributed by atoms with van der Waals surface area (Å²) in [6, 6.07) is 3.85. The van der Waals surface area contributed by atoms with Gasteiger partial charge in [0, 0.05) is 25.8 Å². The molecule has 10 nitrogen and oxygen atoms in total. The molecule has 1 aliphatic rings. The first-order valence-corrected chi connectivity index (χ1v) is 12.1. The Morgan fingerprint density at radius 2 is 1.69 bits per heavy atom. The van der Waals surface area contributed by atoms with Crippen LogP contribution in [0.15, 0.2) is 18.2 Å². The Balaban J connectivity index is 2.28. The predicted molar refractivity (Wildman–Crippen MR) is 132 cm³/mol. The molecule has 0 spiro atoms. The zero-order chi connectivity index (χ0) is 27.1. The van der Waals surface area contributed by atoms with Crippen molar-refractivity contribution < 1.29 is 33.4 Å². The smallest absolute Gasteiger partial charge is 0.310 e. The quantitative estimate of drug-likeness (QED) is 0.343. The summed E-state index contributed by atoms with van der Waals surface area (Å²) in [6.45, 7) is 7.79. The lowest BCUT2D eigenvalue weighted by Crippen LogP contribution is -2.62. The number of rotatable bonds is 9. The maximum absolute atomic E-state index is 13.2. The first kappa shape index (κ1) is 28.8. The van der Waals surface area contributed by atoms with E-state index in [-0.39, 0.29) is 18.6 Å². The molecule has 2 rings (SSSR count). The van der Waals surface area contributed by atoms with Crippen LogP contribution < -0.4 is 21.1 Å². The molecule has 1 atom stereocenters. The summed E-state index contributed by atoms with van der Waals surface area (Å²) in [7, 11) is 0. The van der Waals surface area contributed by atoms with E-state index in [0.717, 1.165) is 19.3 Å². The van der Waals surface area contributed by atoms with Crippen LogP contribution in [0, 0.1) is 0 Å². The highest BCUT2D eigenvalue weighted by molar-refractivity contribution is 5.94. The highest BCUT2D eigenvalue weighted by atomic mass is 16.6. The van der Waals surface area contributed by atoms with E-state index in [0.29, 0.717) is 24.0 Å². The monoisotopic (exact) mass is 503 g/mol. The minimum Gasteiger partial charge on any atom is -0.460 e. The lowest BCUT2D eigenvalue weighted by Gasteiger charge is -2.36. The fourth-order valence-electron chi connectivity index (χ4n) is 4.26. The molecule has 198 valence electrons. The minimum atomic E-state index is -1.15. The zero-order valence-corrected chi connectivity index (χ0v) is 21.7. The topological polar surface area (TPSA) is 154 Å². The van der Waals surface area contributed by atoms with Crippen LogP contribution in [0.2, 0.25) is 0 Å². The molecule has 1 aromatic carbocycles. The van der Waals surface area contributed by atoms with Gasteiger partial charge in [-0.2, -0.15) is 0 Å². The average molecular weight is 504 g/mol. The molecule has 3 amide bonds. The van der Waals surface area contributed by atoms with E-state index in [9.17, 15) is 24.0 Å². The highest BCUT2D eigenvalue weighted by Crippen LogP contribution is 2.28. The van der Waals surface area contributed by atoms with E-state index in [1.54, 1.807) is 39.0 Å². The van der Waals surface area contributed by atoms with E-state index < -0.39 is 46.8 Å². The second kappa shape index (κ2) is 12.0. The third-order valence-corrected chi connectivity index (χ3v) is 5.82. The molecule has 1 aromatic rings. The molecule has 0 aliphatic heterocycles. The van der Waals surface area contributed by atoms with E-state index in [2.05, 4.69) is 10.6 Å². The van der Waals surface area contributed by atoms with Crippen molar-refractivity contribution in [2.75, 3.05) is 0 Å². The summed E-state index contributed by atoms with van der Waals surface area (Å²) in [6.07, 6.45) is 3.30. The van der Waals surface area contributed by atoms with Gasteiger partial charge in [0.05, 0.1) is 6.42 Å². The summed E-state index contributed by atoms with van der Waals surface area (Å²) < 4.78 is 10.7. The van der Waals surface area contributed by atoms with Crippen molar-refractivity contribution in [2.24, 2.45) is 5.73 Å². The third kappa shape index (κ3) is 8.66. The Bertz CT molecular complexity index is 1010. The first-order chi connectivity index (χ1) is 16.7. The number of nitrogens with two attached hydrogens (primary N) is 1. The molecular weight excluding hydrogens is 466 g/mol. The van der Waals surface area contributed by atoms with E-state index >= 15 is 0 Å². The van der Waals surface area contributed by atoms with Crippen LogP contribution in [0.4, 0.5) is 0 Å². The number of carbonyl (C=O) groups excluding carboxylic acids is 5. The van der Waals surface area contributed by atoms with Crippen molar-refractivity contribution in [2.45, 2.75) is 96.7 Å². The van der Waals surface area contributed by atoms with E-state index in [1.165, 1.54) is 13.8 Å². The summed E-state index contributed by atoms with van der Waals surface area (Å²) in [5.41, 5.74) is 4.84. The molecule has 10 heteroatoms. The van der Waals surface area contributed by atoms with Crippen molar-refractivity contribution in [1.82, 2.24) is 10.6 Å². The Labute approximate surface area is 211 Å². The van der Waals surface area contributed by atoms with Gasteiger partial charge in [0.2, 0.25) is 17.7 Å². The van der Waals surface area contributed by atoms with Crippen LogP contribution in [0.25, 0.3) is 0 Å². The van der Waals surface area contributed by atoms with Gasteiger partial charge in [-0.15, -0.1) is 0 Å². The van der Waals surface area contributed by atoms with Gasteiger partial charge in [-0.25, -0.2) is 0 Å². The number of nitrogens with one attached hydrogen (secondary N) is 2. The van der Waals surface area contributed by atoms with Crippen LogP contribution >= 0.6 is 0 Å². The Morgan fingerprint density at radius 3 is 2.22 bits per heavy atom. The molecule has 0 radical (unpaired) electrons. The fraction of sp³-hybridized carbons (Fsp3) is 0.577. The Morgan fingerprint density at radius 1 is 1.06 bits per heavy atom. The number of carbonyl (C=O) groups is 5. The first-order valence-electron chi connectivity index (χ1n) is 12.1. The molecule has 0 aromatic heterocycles. The van der Waals surface area contributed by atoms with Crippen LogP contribution in [0.5, 0.6) is 5.75 Å². The van der Waals surface area contributed by atoms with E-state index in [4.69, 9.17) is 15.2 Å². The van der Waals surface area contributed by atoms with Crippen molar-refractivity contribution in [3.05, 3.63) is 29.3 Å². The zero-order valence-electron chi connectivity index (χ0n) is 21.7. The molecule has 36 heavy (non-hydrogen) atoms. The highest BCUT2D eigenvalue weighted by Gasteiger charge is 2.40. The van der Waals surface area contributed by atoms with Gasteiger partial charge in [0.1, 0.15) is 22.9 Å². The van der Waals surface area contributed by atoms with Gasteiger partial charge in [0.15, 0.2) is 0 Å². The Kier molecular flexibility index (Phi) is 9.61. The fourth-order valence-corrected chi connectivity index (χ4v) is 4.26. The van der Waals surface area contributed by atoms with Crippen LogP contribution in [0.3, 0.4) is 0 Å². The molecule has 0 heterocycles. The lowest BCUT2D eigenvalue weighted by atomic mass is 9.80. The second-order valence-electron chi connectivity index (χ2n) is 10.3. The second-order valence-corrected chi connectivity index (χ2v) is 10.3. The number of amides is 3. The van der Waals surface area contributed by atoms with Gasteiger partial charge in [-0.3, -0.25) is 24.0 Å². The van der Waals surface area contributed by atoms with Gasteiger partial charge in [-0.1, -0.05) is 31.4 Å². The molecule has 0 saturated heterocycles. The maximum atomic E-state index is 13.2. The average Bonchev–Trinajstić information content (AvgIpc) is 2.73. The van der Waals surface area contributed by atoms with Crippen molar-refractivity contribution in [1.29, 1.82) is 0 Å². The molecular formula is C26H37N3O7. The van der Waals surface area contributed by atoms with Crippen LogP contribution in [-0.2, 0) is 41.6 Å². The number of hydrogen-bond donors (Lipinski definition) is 3. The van der Waals surface area contributed by atoms with Gasteiger partial charge in [0.25, 0.3) is 0 Å². The summed E-state index contributed by atoms with van der Waals surface area (Å²) >= 11 is 0. The maximum Gasteiger partial charge on any atom is 0.310 e.